The molecule has 0 N–H and O–H groups in total. The van der Waals surface area contributed by atoms with Gasteiger partial charge in [0.2, 0.25) is 0 Å². The van der Waals surface area contributed by atoms with Crippen LogP contribution in [0.4, 0.5) is 5.69 Å². The monoisotopic (exact) mass is 373 g/mol. The normalized spacial score (nSPS) is 11.1. The van der Waals surface area contributed by atoms with E-state index in [4.69, 9.17) is 4.74 Å². The molecule has 0 atom stereocenters. The minimum absolute atomic E-state index is 0.00118. The molecular formula is C22H19N3O3. The Morgan fingerprint density at radius 1 is 1.14 bits per heavy atom. The third kappa shape index (κ3) is 3.64. The molecule has 6 nitrogen and oxygen atoms in total. The van der Waals surface area contributed by atoms with E-state index in [-0.39, 0.29) is 5.69 Å². The van der Waals surface area contributed by atoms with E-state index in [9.17, 15) is 15.4 Å². The van der Waals surface area contributed by atoms with Crippen molar-refractivity contribution in [1.82, 2.24) is 4.57 Å². The van der Waals surface area contributed by atoms with Gasteiger partial charge >= 0.3 is 0 Å². The average Bonchev–Trinajstić information content (AvgIpc) is 2.99. The molecule has 0 aliphatic heterocycles. The maximum Gasteiger partial charge on any atom is 0.269 e. The van der Waals surface area contributed by atoms with Crippen LogP contribution in [-0.2, 0) is 0 Å². The molecule has 1 aromatic heterocycles. The number of aromatic nitrogens is 1. The number of nitro groups is 1. The SMILES string of the molecule is COc1ccc(-n2c(C)cc(/C=C(/C#N)c3ccc([N+](=O)[O-])cc3)c2C)cc1. The van der Waals surface area contributed by atoms with Crippen molar-refractivity contribution in [3.8, 4) is 17.5 Å². The summed E-state index contributed by atoms with van der Waals surface area (Å²) in [6.45, 7) is 4.00. The number of methoxy groups -OCH3 is 1. The van der Waals surface area contributed by atoms with Gasteiger partial charge in [-0.05, 0) is 73.5 Å². The van der Waals surface area contributed by atoms with Gasteiger partial charge in [0, 0.05) is 29.2 Å². The fourth-order valence-electron chi connectivity index (χ4n) is 3.16. The molecule has 0 fully saturated rings. The molecule has 3 rings (SSSR count). The Hall–Kier alpha value is -3.85. The molecule has 0 saturated heterocycles. The summed E-state index contributed by atoms with van der Waals surface area (Å²) in [5, 5.41) is 20.4. The number of nitrogens with zero attached hydrogens (tertiary/aromatic N) is 3. The van der Waals surface area contributed by atoms with Crippen LogP contribution in [-0.4, -0.2) is 16.6 Å². The maximum atomic E-state index is 10.8. The lowest BCUT2D eigenvalue weighted by Crippen LogP contribution is -1.99. The molecule has 6 heteroatoms. The van der Waals surface area contributed by atoms with Gasteiger partial charge in [-0.25, -0.2) is 0 Å². The van der Waals surface area contributed by atoms with Crippen molar-refractivity contribution in [2.24, 2.45) is 0 Å². The van der Waals surface area contributed by atoms with Crippen molar-refractivity contribution in [1.29, 1.82) is 5.26 Å². The minimum Gasteiger partial charge on any atom is -0.497 e. The number of non-ortho nitro benzene ring substituents is 1. The Balaban J connectivity index is 2.01. The van der Waals surface area contributed by atoms with E-state index in [0.717, 1.165) is 28.4 Å². The van der Waals surface area contributed by atoms with Crippen LogP contribution in [0, 0.1) is 35.3 Å². The van der Waals surface area contributed by atoms with Crippen molar-refractivity contribution >= 4 is 17.3 Å². The lowest BCUT2D eigenvalue weighted by atomic mass is 10.0. The largest absolute Gasteiger partial charge is 0.497 e. The minimum atomic E-state index is -0.456. The number of nitriles is 1. The van der Waals surface area contributed by atoms with Crippen LogP contribution >= 0.6 is 0 Å². The predicted molar refractivity (Wildman–Crippen MR) is 108 cm³/mol. The fourth-order valence-corrected chi connectivity index (χ4v) is 3.16. The molecule has 0 amide bonds. The van der Waals surface area contributed by atoms with Crippen LogP contribution in [0.25, 0.3) is 17.3 Å². The molecular weight excluding hydrogens is 354 g/mol. The zero-order chi connectivity index (χ0) is 20.3. The van der Waals surface area contributed by atoms with E-state index in [2.05, 4.69) is 10.6 Å². The average molecular weight is 373 g/mol. The molecule has 0 unspecified atom stereocenters. The van der Waals surface area contributed by atoms with Crippen LogP contribution < -0.4 is 4.74 Å². The zero-order valence-electron chi connectivity index (χ0n) is 15.8. The number of nitro benzene ring substituents is 1. The van der Waals surface area contributed by atoms with Gasteiger partial charge in [-0.15, -0.1) is 0 Å². The maximum absolute atomic E-state index is 10.8. The summed E-state index contributed by atoms with van der Waals surface area (Å²) in [7, 11) is 1.63. The Kier molecular flexibility index (Phi) is 5.28. The number of allylic oxidation sites excluding steroid dienone is 1. The zero-order valence-corrected chi connectivity index (χ0v) is 15.8. The van der Waals surface area contributed by atoms with Crippen LogP contribution in [0.2, 0.25) is 0 Å². The molecule has 0 saturated carbocycles. The summed E-state index contributed by atoms with van der Waals surface area (Å²) in [6.07, 6.45) is 1.81. The van der Waals surface area contributed by atoms with Crippen molar-refractivity contribution in [2.45, 2.75) is 13.8 Å². The highest BCUT2D eigenvalue weighted by Gasteiger charge is 2.12. The van der Waals surface area contributed by atoms with E-state index in [0.29, 0.717) is 11.1 Å². The number of aryl methyl sites for hydroxylation is 1. The van der Waals surface area contributed by atoms with Gasteiger partial charge < -0.3 is 9.30 Å². The van der Waals surface area contributed by atoms with E-state index in [1.54, 1.807) is 19.2 Å². The van der Waals surface area contributed by atoms with Crippen molar-refractivity contribution in [3.05, 3.63) is 87.2 Å². The third-order valence-corrected chi connectivity index (χ3v) is 4.61. The fraction of sp³-hybridized carbons (Fsp3) is 0.136. The highest BCUT2D eigenvalue weighted by Crippen LogP contribution is 2.27. The van der Waals surface area contributed by atoms with Crippen LogP contribution in [0.1, 0.15) is 22.5 Å². The second-order valence-corrected chi connectivity index (χ2v) is 6.33. The number of hydrogen-bond acceptors (Lipinski definition) is 4. The molecule has 3 aromatic rings. The molecule has 0 spiro atoms. The van der Waals surface area contributed by atoms with E-state index >= 15 is 0 Å². The standard InChI is InChI=1S/C22H19N3O3/c1-15-12-18(16(2)24(15)20-8-10-22(28-3)11-9-20)13-19(14-23)17-4-6-21(7-5-17)25(26)27/h4-13H,1-3H3/b19-13-. The predicted octanol–water partition coefficient (Wildman–Crippen LogP) is 5.08. The molecule has 140 valence electrons. The van der Waals surface area contributed by atoms with Gasteiger partial charge in [-0.1, -0.05) is 0 Å². The smallest absolute Gasteiger partial charge is 0.269 e. The Bertz CT molecular complexity index is 1090. The van der Waals surface area contributed by atoms with Gasteiger partial charge in [0.15, 0.2) is 0 Å². The highest BCUT2D eigenvalue weighted by molar-refractivity contribution is 5.90. The van der Waals surface area contributed by atoms with Gasteiger partial charge in [0.25, 0.3) is 5.69 Å². The first kappa shape index (κ1) is 18.9. The highest BCUT2D eigenvalue weighted by atomic mass is 16.6. The van der Waals surface area contributed by atoms with Crippen LogP contribution in [0.3, 0.4) is 0 Å². The lowest BCUT2D eigenvalue weighted by molar-refractivity contribution is -0.384. The Morgan fingerprint density at radius 2 is 1.79 bits per heavy atom. The number of benzene rings is 2. The van der Waals surface area contributed by atoms with Gasteiger partial charge in [-0.3, -0.25) is 10.1 Å². The van der Waals surface area contributed by atoms with E-state index in [1.165, 1.54) is 12.1 Å². The second-order valence-electron chi connectivity index (χ2n) is 6.33. The molecule has 2 aromatic carbocycles. The Morgan fingerprint density at radius 3 is 2.32 bits per heavy atom. The van der Waals surface area contributed by atoms with E-state index < -0.39 is 4.92 Å². The summed E-state index contributed by atoms with van der Waals surface area (Å²) >= 11 is 0. The van der Waals surface area contributed by atoms with Crippen molar-refractivity contribution in [3.63, 3.8) is 0 Å². The quantitative estimate of drug-likeness (QED) is 0.355. The number of hydrogen-bond donors (Lipinski definition) is 0. The van der Waals surface area contributed by atoms with E-state index in [1.807, 2.05) is 50.3 Å². The Labute approximate surface area is 163 Å². The van der Waals surface area contributed by atoms with Crippen LogP contribution in [0.5, 0.6) is 5.75 Å². The molecule has 0 radical (unpaired) electrons. The number of ether oxygens (including phenoxy) is 1. The van der Waals surface area contributed by atoms with Crippen molar-refractivity contribution in [2.75, 3.05) is 7.11 Å². The lowest BCUT2D eigenvalue weighted by Gasteiger charge is -2.10. The van der Waals surface area contributed by atoms with Gasteiger partial charge in [0.1, 0.15) is 5.75 Å². The molecule has 0 aliphatic carbocycles. The molecule has 0 bridgehead atoms. The van der Waals surface area contributed by atoms with Gasteiger partial charge in [-0.2, -0.15) is 5.26 Å². The number of rotatable bonds is 5. The first-order valence-electron chi connectivity index (χ1n) is 8.64. The summed E-state index contributed by atoms with van der Waals surface area (Å²) in [5.41, 5.74) is 5.05. The topological polar surface area (TPSA) is 81.1 Å². The first-order valence-corrected chi connectivity index (χ1v) is 8.64. The third-order valence-electron chi connectivity index (χ3n) is 4.61. The molecule has 0 aliphatic rings. The van der Waals surface area contributed by atoms with Crippen molar-refractivity contribution < 1.29 is 9.66 Å². The first-order chi connectivity index (χ1) is 13.4. The summed E-state index contributed by atoms with van der Waals surface area (Å²) in [6, 6.07) is 18.0. The summed E-state index contributed by atoms with van der Waals surface area (Å²) in [5.74, 6) is 0.788. The van der Waals surface area contributed by atoms with Gasteiger partial charge in [0.05, 0.1) is 23.7 Å². The second kappa shape index (κ2) is 7.80. The van der Waals surface area contributed by atoms with Crippen LogP contribution in [0.15, 0.2) is 54.6 Å². The summed E-state index contributed by atoms with van der Waals surface area (Å²) < 4.78 is 7.32. The summed E-state index contributed by atoms with van der Waals surface area (Å²) in [4.78, 5) is 10.4. The molecule has 1 heterocycles. The molecule has 28 heavy (non-hydrogen) atoms.